The minimum absolute atomic E-state index is 0. The molecule has 0 saturated carbocycles. The van der Waals surface area contributed by atoms with Crippen molar-refractivity contribution in [3.8, 4) is 0 Å². The quantitative estimate of drug-likeness (QED) is 0.0735. The van der Waals surface area contributed by atoms with E-state index in [0.717, 1.165) is 38.5 Å². The average Bonchev–Trinajstić information content (AvgIpc) is 2.99. The van der Waals surface area contributed by atoms with Crippen LogP contribution in [0.1, 0.15) is 181 Å². The summed E-state index contributed by atoms with van der Waals surface area (Å²) in [6.45, 7) is 5.55. The molecule has 0 rings (SSSR count). The van der Waals surface area contributed by atoms with Gasteiger partial charge in [0, 0.05) is 63.8 Å². The van der Waals surface area contributed by atoms with Gasteiger partial charge in [0.25, 0.3) is 0 Å². The van der Waals surface area contributed by atoms with Crippen LogP contribution in [0.2, 0.25) is 0 Å². The molecule has 0 spiro atoms. The number of hydrogen-bond donors (Lipinski definition) is 0. The number of carbonyl (C=O) groups excluding carboxylic acids is 4. The van der Waals surface area contributed by atoms with Gasteiger partial charge in [-0.15, -0.1) is 0 Å². The summed E-state index contributed by atoms with van der Waals surface area (Å²) in [7, 11) is 0. The largest absolute Gasteiger partial charge is 1.00 e. The maximum Gasteiger partial charge on any atom is 1.00 e. The Morgan fingerprint density at radius 2 is 0.630 bits per heavy atom. The van der Waals surface area contributed by atoms with Gasteiger partial charge in [-0.3, -0.25) is 9.59 Å². The Hall–Kier alpha value is -0.120. The fourth-order valence-corrected chi connectivity index (χ4v) is 5.62. The van der Waals surface area contributed by atoms with Gasteiger partial charge in [0.2, 0.25) is 11.8 Å². The molecule has 0 atom stereocenters. The average molecular weight is 669 g/mol. The molecular formula is C36H66N2Na2O6. The Bertz CT molecular complexity index is 681. The topological polar surface area (TPSA) is 121 Å². The van der Waals surface area contributed by atoms with Gasteiger partial charge in [0.05, 0.1) is 0 Å². The van der Waals surface area contributed by atoms with Crippen molar-refractivity contribution in [2.24, 2.45) is 0 Å². The van der Waals surface area contributed by atoms with Crippen molar-refractivity contribution in [3.05, 3.63) is 0 Å². The van der Waals surface area contributed by atoms with Crippen molar-refractivity contribution < 1.29 is 88.5 Å². The van der Waals surface area contributed by atoms with E-state index < -0.39 is 11.9 Å². The molecular weight excluding hydrogens is 602 g/mol. The van der Waals surface area contributed by atoms with E-state index in [4.69, 9.17) is 0 Å². The third-order valence-corrected chi connectivity index (χ3v) is 8.47. The van der Waals surface area contributed by atoms with E-state index in [0.29, 0.717) is 38.8 Å². The molecule has 0 heterocycles. The van der Waals surface area contributed by atoms with Gasteiger partial charge in [0.15, 0.2) is 0 Å². The molecule has 0 fully saturated rings. The van der Waals surface area contributed by atoms with Crippen LogP contribution in [0.4, 0.5) is 0 Å². The van der Waals surface area contributed by atoms with Crippen molar-refractivity contribution in [2.75, 3.05) is 26.2 Å². The van der Waals surface area contributed by atoms with E-state index in [2.05, 4.69) is 13.8 Å². The monoisotopic (exact) mass is 668 g/mol. The van der Waals surface area contributed by atoms with Gasteiger partial charge in [-0.25, -0.2) is 0 Å². The van der Waals surface area contributed by atoms with Crippen LogP contribution in [0.5, 0.6) is 0 Å². The Balaban J connectivity index is -0.00000924. The normalized spacial score (nSPS) is 10.6. The van der Waals surface area contributed by atoms with Crippen LogP contribution in [-0.2, 0) is 19.2 Å². The Kier molecular flexibility index (Phi) is 41.2. The van der Waals surface area contributed by atoms with Gasteiger partial charge in [0.1, 0.15) is 0 Å². The zero-order chi connectivity index (χ0) is 32.7. The summed E-state index contributed by atoms with van der Waals surface area (Å²) in [6.07, 6.45) is 25.4. The second-order valence-corrected chi connectivity index (χ2v) is 12.6. The summed E-state index contributed by atoms with van der Waals surface area (Å²) in [5, 5.41) is 22.1. The summed E-state index contributed by atoms with van der Waals surface area (Å²) in [4.78, 5) is 51.0. The number of nitrogens with zero attached hydrogens (tertiary/aromatic N) is 2. The predicted octanol–water partition coefficient (Wildman–Crippen LogP) is 0.334. The summed E-state index contributed by atoms with van der Waals surface area (Å²) in [5.74, 6) is -2.41. The molecule has 0 bridgehead atoms. The molecule has 8 nitrogen and oxygen atoms in total. The predicted molar refractivity (Wildman–Crippen MR) is 175 cm³/mol. The van der Waals surface area contributed by atoms with Crippen molar-refractivity contribution >= 4 is 23.8 Å². The molecule has 10 heteroatoms. The van der Waals surface area contributed by atoms with Crippen LogP contribution in [0, 0.1) is 0 Å². The Morgan fingerprint density at radius 3 is 0.891 bits per heavy atom. The Morgan fingerprint density at radius 1 is 0.370 bits per heavy atom. The number of unbranched alkanes of at least 4 members (excludes halogenated alkanes) is 19. The van der Waals surface area contributed by atoms with Crippen LogP contribution < -0.4 is 69.3 Å². The first-order valence-electron chi connectivity index (χ1n) is 18.3. The fourth-order valence-electron chi connectivity index (χ4n) is 5.62. The summed E-state index contributed by atoms with van der Waals surface area (Å²) < 4.78 is 0. The summed E-state index contributed by atoms with van der Waals surface area (Å²) in [5.41, 5.74) is 0. The second kappa shape index (κ2) is 37.7. The first-order chi connectivity index (χ1) is 21.3. The van der Waals surface area contributed by atoms with E-state index in [9.17, 15) is 29.4 Å². The smallest absolute Gasteiger partial charge is 0.550 e. The number of hydrogen-bond acceptors (Lipinski definition) is 6. The van der Waals surface area contributed by atoms with Crippen molar-refractivity contribution in [1.82, 2.24) is 9.80 Å². The number of carboxylic acids is 2. The van der Waals surface area contributed by atoms with Crippen LogP contribution in [0.3, 0.4) is 0 Å². The third-order valence-electron chi connectivity index (χ3n) is 8.47. The molecule has 0 unspecified atom stereocenters. The van der Waals surface area contributed by atoms with E-state index in [-0.39, 0.29) is 96.9 Å². The zero-order valence-electron chi connectivity index (χ0n) is 30.6. The third kappa shape index (κ3) is 33.8. The van der Waals surface area contributed by atoms with E-state index in [1.54, 1.807) is 9.80 Å². The first kappa shape index (κ1) is 50.3. The van der Waals surface area contributed by atoms with Gasteiger partial charge in [-0.2, -0.15) is 0 Å². The van der Waals surface area contributed by atoms with Gasteiger partial charge >= 0.3 is 59.1 Å². The molecule has 0 aliphatic rings. The molecule has 0 saturated heterocycles. The first-order valence-corrected chi connectivity index (χ1v) is 18.3. The zero-order valence-corrected chi connectivity index (χ0v) is 34.6. The number of rotatable bonds is 33. The Labute approximate surface area is 326 Å². The van der Waals surface area contributed by atoms with Gasteiger partial charge in [-0.1, -0.05) is 129 Å². The van der Waals surface area contributed by atoms with Crippen LogP contribution in [-0.4, -0.2) is 59.7 Å². The summed E-state index contributed by atoms with van der Waals surface area (Å²) in [6, 6.07) is 0. The maximum absolute atomic E-state index is 12.9. The molecule has 0 aliphatic heterocycles. The molecule has 0 aliphatic carbocycles. The number of carboxylic acid groups (broad SMARTS) is 2. The number of carbonyl (C=O) groups is 4. The number of aliphatic carboxylic acids is 2. The van der Waals surface area contributed by atoms with E-state index in [1.807, 2.05) is 0 Å². The van der Waals surface area contributed by atoms with Crippen LogP contribution >= 0.6 is 0 Å². The van der Waals surface area contributed by atoms with Crippen LogP contribution in [0.15, 0.2) is 0 Å². The molecule has 0 radical (unpaired) electrons. The molecule has 0 aromatic carbocycles. The summed E-state index contributed by atoms with van der Waals surface area (Å²) >= 11 is 0. The van der Waals surface area contributed by atoms with Gasteiger partial charge < -0.3 is 29.6 Å². The molecule has 0 aromatic rings. The van der Waals surface area contributed by atoms with E-state index >= 15 is 0 Å². The standard InChI is InChI=1S/C36H68N2O6.2Na/c1-3-5-7-9-11-13-15-17-19-21-25-33(39)37(31-27-35(41)42)29-23-24-30-38(32-28-36(43)44)34(40)26-22-20-18-16-14-12-10-8-6-4-2;;/h3-32H2,1-2H3,(H,41,42)(H,43,44);;/q;2*+1/p-2. The SMILES string of the molecule is CCCCCCCCCCCCC(=O)N(CCCCN(CCC(=O)[O-])C(=O)CCCCCCCCCCCC)CCC(=O)[O-].[Na+].[Na+]. The second-order valence-electron chi connectivity index (χ2n) is 12.6. The van der Waals surface area contributed by atoms with Crippen molar-refractivity contribution in [2.45, 2.75) is 181 Å². The number of amides is 2. The molecule has 46 heavy (non-hydrogen) atoms. The molecule has 258 valence electrons. The van der Waals surface area contributed by atoms with Gasteiger partial charge in [-0.05, 0) is 25.7 Å². The fraction of sp³-hybridized carbons (Fsp3) is 0.889. The van der Waals surface area contributed by atoms with E-state index in [1.165, 1.54) is 89.9 Å². The minimum atomic E-state index is -1.17. The van der Waals surface area contributed by atoms with Crippen molar-refractivity contribution in [1.29, 1.82) is 0 Å². The van der Waals surface area contributed by atoms with Crippen LogP contribution in [0.25, 0.3) is 0 Å². The minimum Gasteiger partial charge on any atom is -0.550 e. The molecule has 0 N–H and O–H groups in total. The molecule has 2 amide bonds. The molecule has 0 aromatic heterocycles. The van der Waals surface area contributed by atoms with Crippen molar-refractivity contribution in [3.63, 3.8) is 0 Å². The maximum atomic E-state index is 12.9.